The summed E-state index contributed by atoms with van der Waals surface area (Å²) in [5.41, 5.74) is 1.56. The lowest BCUT2D eigenvalue weighted by Gasteiger charge is -2.25. The van der Waals surface area contributed by atoms with E-state index in [1.807, 2.05) is 0 Å². The Morgan fingerprint density at radius 3 is 2.76 bits per heavy atom. The number of aromatic nitrogens is 2. The molecule has 0 bridgehead atoms. The zero-order valence-electron chi connectivity index (χ0n) is 13.6. The molecule has 1 aromatic heterocycles. The Labute approximate surface area is 141 Å². The van der Waals surface area contributed by atoms with Gasteiger partial charge in [0.25, 0.3) is 5.70 Å². The molecular formula is C15H14N4O6. The number of dihydropyridines is 1. The van der Waals surface area contributed by atoms with Crippen LogP contribution in [0.2, 0.25) is 0 Å². The van der Waals surface area contributed by atoms with E-state index in [1.54, 1.807) is 13.8 Å². The van der Waals surface area contributed by atoms with Crippen LogP contribution in [0.3, 0.4) is 0 Å². The van der Waals surface area contributed by atoms with E-state index >= 15 is 0 Å². The zero-order chi connectivity index (χ0) is 18.3. The van der Waals surface area contributed by atoms with E-state index in [9.17, 15) is 20.1 Å². The zero-order valence-corrected chi connectivity index (χ0v) is 13.6. The highest BCUT2D eigenvalue weighted by atomic mass is 16.8. The molecule has 2 heterocycles. The molecule has 1 N–H and O–H groups in total. The van der Waals surface area contributed by atoms with Crippen molar-refractivity contribution in [2.75, 3.05) is 7.11 Å². The minimum atomic E-state index is -0.968. The minimum Gasteiger partial charge on any atom is -0.466 e. The molecule has 1 atom stereocenters. The van der Waals surface area contributed by atoms with Gasteiger partial charge in [0.15, 0.2) is 0 Å². The number of benzene rings is 1. The molecule has 10 nitrogen and oxygen atoms in total. The Bertz CT molecular complexity index is 958. The normalized spacial score (nSPS) is 17.6. The molecule has 0 saturated carbocycles. The van der Waals surface area contributed by atoms with Crippen molar-refractivity contribution in [2.24, 2.45) is 0 Å². The second kappa shape index (κ2) is 5.89. The molecule has 25 heavy (non-hydrogen) atoms. The molecule has 0 spiro atoms. The Hall–Kier alpha value is -3.43. The lowest BCUT2D eigenvalue weighted by atomic mass is 9.84. The Morgan fingerprint density at radius 1 is 1.40 bits per heavy atom. The maximum absolute atomic E-state index is 12.2. The fourth-order valence-electron chi connectivity index (χ4n) is 3.00. The van der Waals surface area contributed by atoms with Crippen molar-refractivity contribution in [3.05, 3.63) is 61.7 Å². The van der Waals surface area contributed by atoms with Gasteiger partial charge in [-0.15, -0.1) is 0 Å². The standard InChI is InChI=1S/C15H14N4O6/c1-7-12(15(20)24-3)13(14(18(21)22)8(2)16-7)9-4-5-11-10(6-9)17-25-19(11)23/h4-6,13,16H,1-3H3/t13-/m1/s1. The third-order valence-corrected chi connectivity index (χ3v) is 4.07. The molecule has 0 unspecified atom stereocenters. The van der Waals surface area contributed by atoms with Crippen LogP contribution in [-0.2, 0) is 9.53 Å². The second-order valence-corrected chi connectivity index (χ2v) is 5.53. The number of fused-ring (bicyclic) bond motifs is 1. The molecule has 10 heteroatoms. The summed E-state index contributed by atoms with van der Waals surface area (Å²) in [6.45, 7) is 3.20. The molecule has 1 aliphatic rings. The summed E-state index contributed by atoms with van der Waals surface area (Å²) in [6, 6.07) is 4.44. The molecule has 130 valence electrons. The number of ether oxygens (including phenoxy) is 1. The summed E-state index contributed by atoms with van der Waals surface area (Å²) >= 11 is 0. The molecular weight excluding hydrogens is 332 g/mol. The van der Waals surface area contributed by atoms with Gasteiger partial charge in [-0.25, -0.2) is 4.79 Å². The molecule has 0 amide bonds. The van der Waals surface area contributed by atoms with E-state index in [0.29, 0.717) is 17.0 Å². The fourth-order valence-corrected chi connectivity index (χ4v) is 3.00. The first kappa shape index (κ1) is 16.4. The summed E-state index contributed by atoms with van der Waals surface area (Å²) < 4.78 is 9.31. The number of carbonyl (C=O) groups is 1. The molecule has 2 aromatic rings. The number of nitrogens with zero attached hydrogens (tertiary/aromatic N) is 3. The molecule has 0 radical (unpaired) electrons. The van der Waals surface area contributed by atoms with Crippen molar-refractivity contribution in [1.29, 1.82) is 0 Å². The molecule has 1 aliphatic heterocycles. The molecule has 1 aromatic carbocycles. The number of esters is 1. The lowest BCUT2D eigenvalue weighted by Crippen LogP contribution is -2.31. The van der Waals surface area contributed by atoms with E-state index in [1.165, 1.54) is 25.3 Å². The summed E-state index contributed by atoms with van der Waals surface area (Å²) in [4.78, 5) is 23.6. The average Bonchev–Trinajstić information content (AvgIpc) is 2.93. The quantitative estimate of drug-likeness (QED) is 0.378. The molecule has 0 fully saturated rings. The highest BCUT2D eigenvalue weighted by molar-refractivity contribution is 5.92. The summed E-state index contributed by atoms with van der Waals surface area (Å²) in [5.74, 6) is -1.65. The van der Waals surface area contributed by atoms with Crippen molar-refractivity contribution in [3.8, 4) is 0 Å². The van der Waals surface area contributed by atoms with Crippen molar-refractivity contribution >= 4 is 17.0 Å². The Kier molecular flexibility index (Phi) is 3.87. The van der Waals surface area contributed by atoms with Crippen molar-refractivity contribution in [3.63, 3.8) is 0 Å². The first-order valence-electron chi connectivity index (χ1n) is 7.25. The van der Waals surface area contributed by atoms with E-state index in [-0.39, 0.29) is 27.2 Å². The van der Waals surface area contributed by atoms with Crippen molar-refractivity contribution in [1.82, 2.24) is 10.5 Å². The second-order valence-electron chi connectivity index (χ2n) is 5.53. The average molecular weight is 346 g/mol. The summed E-state index contributed by atoms with van der Waals surface area (Å²) in [5, 5.41) is 29.5. The van der Waals surface area contributed by atoms with Crippen LogP contribution >= 0.6 is 0 Å². The fraction of sp³-hybridized carbons (Fsp3) is 0.267. The SMILES string of the molecule is COC(=O)C1=C(C)NC(C)=C([N+](=O)[O-])[C@@H]1c1ccc2c(c1)no[n+]2[O-]. The van der Waals surface area contributed by atoms with Crippen LogP contribution in [0.1, 0.15) is 25.3 Å². The van der Waals surface area contributed by atoms with Crippen molar-refractivity contribution in [2.45, 2.75) is 19.8 Å². The van der Waals surface area contributed by atoms with E-state index in [4.69, 9.17) is 4.74 Å². The van der Waals surface area contributed by atoms with E-state index < -0.39 is 16.8 Å². The van der Waals surface area contributed by atoms with Gasteiger partial charge < -0.3 is 15.3 Å². The van der Waals surface area contributed by atoms with E-state index in [2.05, 4.69) is 15.1 Å². The number of hydrogen-bond acceptors (Lipinski definition) is 8. The Morgan fingerprint density at radius 2 is 2.12 bits per heavy atom. The van der Waals surface area contributed by atoms with Crippen molar-refractivity contribution < 1.29 is 24.0 Å². The lowest BCUT2D eigenvalue weighted by molar-refractivity contribution is -0.782. The van der Waals surface area contributed by atoms with Crippen LogP contribution in [0.5, 0.6) is 0 Å². The van der Waals surface area contributed by atoms with Gasteiger partial charge in [-0.05, 0) is 30.4 Å². The number of hydrogen-bond donors (Lipinski definition) is 1. The number of carbonyl (C=O) groups excluding carboxylic acids is 1. The predicted molar refractivity (Wildman–Crippen MR) is 83.3 cm³/mol. The van der Waals surface area contributed by atoms with Gasteiger partial charge in [0.1, 0.15) is 5.92 Å². The number of nitrogens with one attached hydrogen (secondary N) is 1. The number of nitro groups is 1. The monoisotopic (exact) mass is 346 g/mol. The molecule has 0 aliphatic carbocycles. The van der Waals surface area contributed by atoms with Gasteiger partial charge in [-0.1, -0.05) is 6.07 Å². The first-order valence-corrected chi connectivity index (χ1v) is 7.25. The van der Waals surface area contributed by atoms with Crippen LogP contribution in [-0.4, -0.2) is 23.2 Å². The van der Waals surface area contributed by atoms with Gasteiger partial charge in [0, 0.05) is 16.9 Å². The summed E-state index contributed by atoms with van der Waals surface area (Å²) in [7, 11) is 1.21. The maximum Gasteiger partial charge on any atom is 0.336 e. The predicted octanol–water partition coefficient (Wildman–Crippen LogP) is 1.10. The third kappa shape index (κ3) is 2.57. The topological polar surface area (TPSA) is 134 Å². The number of methoxy groups -OCH3 is 1. The largest absolute Gasteiger partial charge is 0.466 e. The number of rotatable bonds is 3. The van der Waals surface area contributed by atoms with Crippen LogP contribution in [0, 0.1) is 15.3 Å². The van der Waals surface area contributed by atoms with Gasteiger partial charge in [0.05, 0.1) is 23.3 Å². The highest BCUT2D eigenvalue weighted by Gasteiger charge is 2.41. The molecule has 3 rings (SSSR count). The molecule has 0 saturated heterocycles. The Balaban J connectivity index is 2.25. The van der Waals surface area contributed by atoms with Gasteiger partial charge in [-0.2, -0.15) is 0 Å². The van der Waals surface area contributed by atoms with Crippen LogP contribution in [0.25, 0.3) is 11.0 Å². The maximum atomic E-state index is 12.2. The first-order chi connectivity index (χ1) is 11.8. The van der Waals surface area contributed by atoms with Gasteiger partial charge in [-0.3, -0.25) is 14.7 Å². The van der Waals surface area contributed by atoms with Gasteiger partial charge >= 0.3 is 5.97 Å². The van der Waals surface area contributed by atoms with E-state index in [0.717, 1.165) is 0 Å². The van der Waals surface area contributed by atoms with Crippen LogP contribution < -0.4 is 10.2 Å². The smallest absolute Gasteiger partial charge is 0.336 e. The van der Waals surface area contributed by atoms with Crippen LogP contribution in [0.4, 0.5) is 0 Å². The van der Waals surface area contributed by atoms with Crippen LogP contribution in [0.15, 0.2) is 45.5 Å². The number of allylic oxidation sites excluding steroid dienone is 3. The van der Waals surface area contributed by atoms with Gasteiger partial charge in [0.2, 0.25) is 11.0 Å². The summed E-state index contributed by atoms with van der Waals surface area (Å²) in [6.07, 6.45) is 0. The third-order valence-electron chi connectivity index (χ3n) is 4.07. The highest BCUT2D eigenvalue weighted by Crippen LogP contribution is 2.39. The minimum absolute atomic E-state index is 0.123.